The molecule has 8 heteroatoms. The summed E-state index contributed by atoms with van der Waals surface area (Å²) in [5.41, 5.74) is 1.36. The lowest BCUT2D eigenvalue weighted by Gasteiger charge is -2.03. The summed E-state index contributed by atoms with van der Waals surface area (Å²) >= 11 is 1.37. The monoisotopic (exact) mass is 331 g/mol. The van der Waals surface area contributed by atoms with Crippen LogP contribution in [0.3, 0.4) is 0 Å². The fourth-order valence-corrected chi connectivity index (χ4v) is 3.07. The number of nitrogens with zero attached hydrogens (tertiary/aromatic N) is 3. The molecule has 7 nitrogen and oxygen atoms in total. The summed E-state index contributed by atoms with van der Waals surface area (Å²) in [6.45, 7) is 0. The second kappa shape index (κ2) is 5.17. The van der Waals surface area contributed by atoms with Gasteiger partial charge in [0.25, 0.3) is 5.19 Å². The van der Waals surface area contributed by atoms with Gasteiger partial charge < -0.3 is 18.6 Å². The Bertz CT molecular complexity index is 970. The zero-order valence-corrected chi connectivity index (χ0v) is 13.5. The van der Waals surface area contributed by atoms with Crippen LogP contribution in [-0.4, -0.2) is 35.9 Å². The van der Waals surface area contributed by atoms with Crippen molar-refractivity contribution in [1.29, 1.82) is 0 Å². The normalized spacial score (nSPS) is 11.3. The van der Waals surface area contributed by atoms with Gasteiger partial charge in [0.05, 0.1) is 27.5 Å². The Labute approximate surface area is 135 Å². The molecule has 0 amide bonds. The van der Waals surface area contributed by atoms with Gasteiger partial charge in [-0.2, -0.15) is 0 Å². The number of aromatic nitrogens is 3. The molecule has 0 fully saturated rings. The maximum Gasteiger partial charge on any atom is 0.294 e. The van der Waals surface area contributed by atoms with Crippen molar-refractivity contribution in [2.75, 3.05) is 21.3 Å². The number of fused-ring (bicyclic) bond motifs is 2. The van der Waals surface area contributed by atoms with Crippen molar-refractivity contribution in [3.05, 3.63) is 24.4 Å². The molecule has 0 aliphatic carbocycles. The molecule has 4 rings (SSSR count). The second-order valence-electron chi connectivity index (χ2n) is 4.78. The summed E-state index contributed by atoms with van der Waals surface area (Å²) < 4.78 is 23.3. The molecule has 0 N–H and O–H groups in total. The van der Waals surface area contributed by atoms with Gasteiger partial charge in [-0.25, -0.2) is 9.50 Å². The van der Waals surface area contributed by atoms with Gasteiger partial charge in [-0.1, -0.05) is 0 Å². The van der Waals surface area contributed by atoms with Gasteiger partial charge in [-0.3, -0.25) is 0 Å². The van der Waals surface area contributed by atoms with Crippen LogP contribution in [-0.2, 0) is 0 Å². The Balaban J connectivity index is 1.84. The molecule has 0 saturated heterocycles. The van der Waals surface area contributed by atoms with E-state index >= 15 is 0 Å². The van der Waals surface area contributed by atoms with Crippen molar-refractivity contribution < 1.29 is 18.6 Å². The molecule has 0 spiro atoms. The highest BCUT2D eigenvalue weighted by Gasteiger charge is 2.16. The van der Waals surface area contributed by atoms with E-state index in [1.165, 1.54) is 11.3 Å². The van der Waals surface area contributed by atoms with Crippen molar-refractivity contribution >= 4 is 27.3 Å². The van der Waals surface area contributed by atoms with Crippen LogP contribution < -0.4 is 14.2 Å². The summed E-state index contributed by atoms with van der Waals surface area (Å²) in [7, 11) is 4.79. The van der Waals surface area contributed by atoms with Gasteiger partial charge in [0.2, 0.25) is 4.96 Å². The number of hydrogen-bond donors (Lipinski definition) is 0. The minimum Gasteiger partial charge on any atom is -0.497 e. The van der Waals surface area contributed by atoms with Crippen molar-refractivity contribution in [3.8, 4) is 28.1 Å². The summed E-state index contributed by atoms with van der Waals surface area (Å²) in [5, 5.41) is 5.71. The van der Waals surface area contributed by atoms with E-state index in [2.05, 4.69) is 10.1 Å². The molecule has 0 unspecified atom stereocenters. The highest BCUT2D eigenvalue weighted by atomic mass is 32.1. The molecule has 23 heavy (non-hydrogen) atoms. The summed E-state index contributed by atoms with van der Waals surface area (Å²) in [6, 6.07) is 5.59. The molecule has 3 aromatic heterocycles. The van der Waals surface area contributed by atoms with Crippen molar-refractivity contribution in [2.45, 2.75) is 0 Å². The minimum atomic E-state index is 0.565. The van der Waals surface area contributed by atoms with Crippen molar-refractivity contribution in [3.63, 3.8) is 0 Å². The maximum atomic E-state index is 5.92. The van der Waals surface area contributed by atoms with E-state index in [-0.39, 0.29) is 0 Å². The Kier molecular flexibility index (Phi) is 3.12. The number of benzene rings is 1. The van der Waals surface area contributed by atoms with Crippen LogP contribution in [0, 0.1) is 0 Å². The fraction of sp³-hybridized carbons (Fsp3) is 0.200. The molecule has 4 aromatic rings. The Morgan fingerprint density at radius 1 is 1.09 bits per heavy atom. The number of rotatable bonds is 4. The van der Waals surface area contributed by atoms with Crippen LogP contribution in [0.25, 0.3) is 27.4 Å². The fourth-order valence-electron chi connectivity index (χ4n) is 2.37. The van der Waals surface area contributed by atoms with Gasteiger partial charge in [-0.05, 0) is 23.5 Å². The first-order chi connectivity index (χ1) is 11.2. The Morgan fingerprint density at radius 3 is 2.65 bits per heavy atom. The molecule has 0 aliphatic rings. The largest absolute Gasteiger partial charge is 0.497 e. The molecule has 118 valence electrons. The molecule has 0 saturated carbocycles. The van der Waals surface area contributed by atoms with E-state index in [1.54, 1.807) is 38.1 Å². The zero-order chi connectivity index (χ0) is 16.0. The minimum absolute atomic E-state index is 0.565. The number of ether oxygens (including phenoxy) is 3. The van der Waals surface area contributed by atoms with Crippen LogP contribution in [0.4, 0.5) is 0 Å². The molecule has 0 bridgehead atoms. The molecule has 1 aromatic carbocycles. The number of furan rings is 1. The van der Waals surface area contributed by atoms with E-state index in [0.717, 1.165) is 10.3 Å². The zero-order valence-electron chi connectivity index (χ0n) is 12.7. The number of hydrogen-bond acceptors (Lipinski definition) is 7. The van der Waals surface area contributed by atoms with Crippen molar-refractivity contribution in [1.82, 2.24) is 14.6 Å². The van der Waals surface area contributed by atoms with Gasteiger partial charge in [-0.15, -0.1) is 5.10 Å². The average Bonchev–Trinajstić information content (AvgIpc) is 3.24. The van der Waals surface area contributed by atoms with Crippen LogP contribution in [0.5, 0.6) is 16.7 Å². The first kappa shape index (κ1) is 13.9. The topological polar surface area (TPSA) is 71.0 Å². The molecule has 0 aliphatic heterocycles. The highest BCUT2D eigenvalue weighted by Crippen LogP contribution is 2.37. The number of imidazole rings is 1. The lowest BCUT2D eigenvalue weighted by atomic mass is 10.2. The van der Waals surface area contributed by atoms with Gasteiger partial charge in [0.15, 0.2) is 17.1 Å². The molecular formula is C15H13N3O4S. The van der Waals surface area contributed by atoms with Gasteiger partial charge in [0.1, 0.15) is 11.4 Å². The Morgan fingerprint density at radius 2 is 1.96 bits per heavy atom. The smallest absolute Gasteiger partial charge is 0.294 e. The van der Waals surface area contributed by atoms with Crippen LogP contribution in [0.15, 0.2) is 28.8 Å². The van der Waals surface area contributed by atoms with Crippen LogP contribution >= 0.6 is 11.3 Å². The van der Waals surface area contributed by atoms with Gasteiger partial charge in [0, 0.05) is 11.5 Å². The third-order valence-electron chi connectivity index (χ3n) is 3.46. The van der Waals surface area contributed by atoms with Crippen LogP contribution in [0.1, 0.15) is 0 Å². The number of methoxy groups -OCH3 is 3. The third kappa shape index (κ3) is 2.18. The molecular weight excluding hydrogens is 318 g/mol. The first-order valence-corrected chi connectivity index (χ1v) is 7.59. The van der Waals surface area contributed by atoms with E-state index in [0.29, 0.717) is 33.7 Å². The summed E-state index contributed by atoms with van der Waals surface area (Å²) in [4.78, 5) is 5.26. The summed E-state index contributed by atoms with van der Waals surface area (Å²) in [6.07, 6.45) is 1.80. The predicted molar refractivity (Wildman–Crippen MR) is 85.7 cm³/mol. The second-order valence-corrected chi connectivity index (χ2v) is 5.70. The highest BCUT2D eigenvalue weighted by molar-refractivity contribution is 7.18. The first-order valence-electron chi connectivity index (χ1n) is 6.78. The SMILES string of the molecule is COc1cc(OC)c2oc(-c3cn4nc(OC)sc4n3)cc2c1. The third-order valence-corrected chi connectivity index (χ3v) is 4.35. The Hall–Kier alpha value is -2.74. The lowest BCUT2D eigenvalue weighted by molar-refractivity contribution is 0.393. The predicted octanol–water partition coefficient (Wildman–Crippen LogP) is 3.23. The molecule has 3 heterocycles. The van der Waals surface area contributed by atoms with E-state index < -0.39 is 0 Å². The summed E-state index contributed by atoms with van der Waals surface area (Å²) in [5.74, 6) is 1.97. The standard InChI is InChI=1S/C15H13N3O4S/c1-19-9-4-8-5-11(22-13(8)12(6-9)20-2)10-7-18-14(16-10)23-15(17-18)21-3/h4-7H,1-3H3. The van der Waals surface area contributed by atoms with Crippen LogP contribution in [0.2, 0.25) is 0 Å². The van der Waals surface area contributed by atoms with E-state index in [4.69, 9.17) is 18.6 Å². The molecule has 0 radical (unpaired) electrons. The van der Waals surface area contributed by atoms with E-state index in [9.17, 15) is 0 Å². The van der Waals surface area contributed by atoms with Crippen molar-refractivity contribution in [2.24, 2.45) is 0 Å². The lowest BCUT2D eigenvalue weighted by Crippen LogP contribution is -1.86. The molecule has 0 atom stereocenters. The quantitative estimate of drug-likeness (QED) is 0.572. The van der Waals surface area contributed by atoms with Gasteiger partial charge >= 0.3 is 0 Å². The maximum absolute atomic E-state index is 5.92. The van der Waals surface area contributed by atoms with E-state index in [1.807, 2.05) is 12.1 Å². The average molecular weight is 331 g/mol.